The summed E-state index contributed by atoms with van der Waals surface area (Å²) in [4.78, 5) is 0. The summed E-state index contributed by atoms with van der Waals surface area (Å²) in [6, 6.07) is 4.30. The Balaban J connectivity index is 2.18. The maximum atomic E-state index is 13.1. The van der Waals surface area contributed by atoms with Crippen LogP contribution in [0.15, 0.2) is 30.6 Å². The molecule has 2 rings (SSSR count). The summed E-state index contributed by atoms with van der Waals surface area (Å²) >= 11 is 6.01. The molecule has 0 aliphatic heterocycles. The number of nitrogens with two attached hydrogens (primary N) is 1. The minimum Gasteiger partial charge on any atom is -0.324 e. The van der Waals surface area contributed by atoms with Gasteiger partial charge in [0.1, 0.15) is 5.82 Å². The first-order chi connectivity index (χ1) is 8.60. The number of rotatable bonds is 4. The summed E-state index contributed by atoms with van der Waals surface area (Å²) in [5.41, 5.74) is 7.60. The normalized spacial score (nSPS) is 12.7. The number of nitrogens with zero attached hydrogens (tertiary/aromatic N) is 2. The molecule has 2 aromatic rings. The van der Waals surface area contributed by atoms with Crippen LogP contribution < -0.4 is 5.73 Å². The lowest BCUT2D eigenvalue weighted by Crippen LogP contribution is -2.07. The van der Waals surface area contributed by atoms with Gasteiger partial charge in [-0.05, 0) is 30.2 Å². The van der Waals surface area contributed by atoms with E-state index in [1.54, 1.807) is 16.9 Å². The van der Waals surface area contributed by atoms with Crippen molar-refractivity contribution in [3.05, 3.63) is 52.6 Å². The molecule has 5 heteroatoms. The second-order valence-electron chi connectivity index (χ2n) is 4.22. The van der Waals surface area contributed by atoms with Gasteiger partial charge in [0.15, 0.2) is 0 Å². The van der Waals surface area contributed by atoms with Gasteiger partial charge in [0.05, 0.1) is 12.7 Å². The third-order valence-corrected chi connectivity index (χ3v) is 3.23. The zero-order valence-electron chi connectivity index (χ0n) is 10.1. The smallest absolute Gasteiger partial charge is 0.123 e. The third-order valence-electron chi connectivity index (χ3n) is 2.86. The number of aromatic nitrogens is 2. The van der Waals surface area contributed by atoms with Gasteiger partial charge >= 0.3 is 0 Å². The Kier molecular flexibility index (Phi) is 3.99. The van der Waals surface area contributed by atoms with Gasteiger partial charge in [-0.15, -0.1) is 0 Å². The van der Waals surface area contributed by atoms with E-state index in [0.29, 0.717) is 17.1 Å². The molecular formula is C13H15ClFN3. The first-order valence-corrected chi connectivity index (χ1v) is 6.19. The van der Waals surface area contributed by atoms with Gasteiger partial charge in [-0.1, -0.05) is 18.5 Å². The van der Waals surface area contributed by atoms with Crippen LogP contribution in [0.25, 0.3) is 0 Å². The molecule has 0 bridgehead atoms. The maximum absolute atomic E-state index is 13.1. The number of halogens is 2. The lowest BCUT2D eigenvalue weighted by Gasteiger charge is -2.06. The average Bonchev–Trinajstić information content (AvgIpc) is 2.81. The van der Waals surface area contributed by atoms with Crippen molar-refractivity contribution in [1.82, 2.24) is 9.78 Å². The summed E-state index contributed by atoms with van der Waals surface area (Å²) in [6.07, 6.45) is 4.46. The van der Waals surface area contributed by atoms with E-state index in [2.05, 4.69) is 5.10 Å². The van der Waals surface area contributed by atoms with Crippen molar-refractivity contribution in [2.24, 2.45) is 5.73 Å². The van der Waals surface area contributed by atoms with E-state index < -0.39 is 0 Å². The molecule has 18 heavy (non-hydrogen) atoms. The molecule has 0 aliphatic rings. The molecular weight excluding hydrogens is 253 g/mol. The standard InChI is InChI=1S/C13H15ClFN3/c1-2-13(16)10-6-17-18(8-10)7-9-5-11(15)3-4-12(9)14/h3-6,8,13H,2,7,16H2,1H3. The zero-order chi connectivity index (χ0) is 13.1. The van der Waals surface area contributed by atoms with Crippen molar-refractivity contribution < 1.29 is 4.39 Å². The fraction of sp³-hybridized carbons (Fsp3) is 0.308. The van der Waals surface area contributed by atoms with Crippen LogP contribution >= 0.6 is 11.6 Å². The van der Waals surface area contributed by atoms with Crippen LogP contribution in [0.2, 0.25) is 5.02 Å². The summed E-state index contributed by atoms with van der Waals surface area (Å²) in [5.74, 6) is -0.299. The first kappa shape index (κ1) is 13.1. The summed E-state index contributed by atoms with van der Waals surface area (Å²) in [6.45, 7) is 2.46. The van der Waals surface area contributed by atoms with Crippen molar-refractivity contribution in [1.29, 1.82) is 0 Å². The molecule has 0 amide bonds. The monoisotopic (exact) mass is 267 g/mol. The summed E-state index contributed by atoms with van der Waals surface area (Å²) in [5, 5.41) is 4.74. The summed E-state index contributed by atoms with van der Waals surface area (Å²) < 4.78 is 14.8. The largest absolute Gasteiger partial charge is 0.324 e. The fourth-order valence-corrected chi connectivity index (χ4v) is 1.91. The Morgan fingerprint density at radius 3 is 3.00 bits per heavy atom. The number of benzene rings is 1. The highest BCUT2D eigenvalue weighted by Crippen LogP contribution is 2.19. The minimum absolute atomic E-state index is 0.0123. The minimum atomic E-state index is -0.299. The molecule has 2 N–H and O–H groups in total. The Morgan fingerprint density at radius 1 is 1.50 bits per heavy atom. The molecule has 0 fully saturated rings. The second-order valence-corrected chi connectivity index (χ2v) is 4.63. The summed E-state index contributed by atoms with van der Waals surface area (Å²) in [7, 11) is 0. The molecule has 0 spiro atoms. The zero-order valence-corrected chi connectivity index (χ0v) is 10.9. The molecule has 0 saturated carbocycles. The molecule has 0 aliphatic carbocycles. The van der Waals surface area contributed by atoms with E-state index in [4.69, 9.17) is 17.3 Å². The Bertz CT molecular complexity index is 539. The topological polar surface area (TPSA) is 43.8 Å². The van der Waals surface area contributed by atoms with Crippen LogP contribution in [0.5, 0.6) is 0 Å². The Labute approximate surface area is 110 Å². The first-order valence-electron chi connectivity index (χ1n) is 5.82. The van der Waals surface area contributed by atoms with Crippen LogP contribution in [0.1, 0.15) is 30.5 Å². The number of hydrogen-bond donors (Lipinski definition) is 1. The highest BCUT2D eigenvalue weighted by atomic mass is 35.5. The van der Waals surface area contributed by atoms with Crippen LogP contribution in [0, 0.1) is 5.82 Å². The van der Waals surface area contributed by atoms with Gasteiger partial charge in [-0.25, -0.2) is 4.39 Å². The van der Waals surface area contributed by atoms with Crippen molar-refractivity contribution in [3.63, 3.8) is 0 Å². The van der Waals surface area contributed by atoms with Gasteiger partial charge < -0.3 is 5.73 Å². The van der Waals surface area contributed by atoms with Crippen molar-refractivity contribution in [2.75, 3.05) is 0 Å². The highest BCUT2D eigenvalue weighted by Gasteiger charge is 2.08. The maximum Gasteiger partial charge on any atom is 0.123 e. The van der Waals surface area contributed by atoms with Crippen molar-refractivity contribution >= 4 is 11.6 Å². The molecule has 1 aromatic heterocycles. The lowest BCUT2D eigenvalue weighted by atomic mass is 10.1. The molecule has 3 nitrogen and oxygen atoms in total. The molecule has 0 saturated heterocycles. The van der Waals surface area contributed by atoms with E-state index in [1.165, 1.54) is 12.1 Å². The van der Waals surface area contributed by atoms with Crippen LogP contribution in [-0.2, 0) is 6.54 Å². The molecule has 0 radical (unpaired) electrons. The van der Waals surface area contributed by atoms with Gasteiger partial charge in [-0.2, -0.15) is 5.10 Å². The quantitative estimate of drug-likeness (QED) is 0.925. The van der Waals surface area contributed by atoms with E-state index in [-0.39, 0.29) is 11.9 Å². The lowest BCUT2D eigenvalue weighted by molar-refractivity contribution is 0.619. The molecule has 96 valence electrons. The van der Waals surface area contributed by atoms with E-state index in [9.17, 15) is 4.39 Å². The SMILES string of the molecule is CCC(N)c1cnn(Cc2cc(F)ccc2Cl)c1. The second kappa shape index (κ2) is 5.50. The van der Waals surface area contributed by atoms with Crippen LogP contribution in [0.3, 0.4) is 0 Å². The molecule has 1 atom stereocenters. The van der Waals surface area contributed by atoms with Gasteiger partial charge in [0.25, 0.3) is 0 Å². The fourth-order valence-electron chi connectivity index (χ4n) is 1.73. The van der Waals surface area contributed by atoms with E-state index in [0.717, 1.165) is 12.0 Å². The van der Waals surface area contributed by atoms with E-state index in [1.807, 2.05) is 13.1 Å². The Hall–Kier alpha value is -1.39. The Morgan fingerprint density at radius 2 is 2.28 bits per heavy atom. The van der Waals surface area contributed by atoms with Gasteiger partial charge in [0, 0.05) is 22.8 Å². The van der Waals surface area contributed by atoms with Crippen LogP contribution in [0.4, 0.5) is 4.39 Å². The third kappa shape index (κ3) is 2.89. The van der Waals surface area contributed by atoms with Crippen LogP contribution in [-0.4, -0.2) is 9.78 Å². The van der Waals surface area contributed by atoms with Gasteiger partial charge in [-0.3, -0.25) is 4.68 Å². The van der Waals surface area contributed by atoms with Crippen molar-refractivity contribution in [2.45, 2.75) is 25.9 Å². The average molecular weight is 268 g/mol. The van der Waals surface area contributed by atoms with E-state index >= 15 is 0 Å². The highest BCUT2D eigenvalue weighted by molar-refractivity contribution is 6.31. The molecule has 1 heterocycles. The molecule has 1 aromatic carbocycles. The van der Waals surface area contributed by atoms with Gasteiger partial charge in [0.2, 0.25) is 0 Å². The van der Waals surface area contributed by atoms with Crippen molar-refractivity contribution in [3.8, 4) is 0 Å². The predicted molar refractivity (Wildman–Crippen MR) is 70.0 cm³/mol. The predicted octanol–water partition coefficient (Wildman–Crippen LogP) is 3.13. The molecule has 1 unspecified atom stereocenters. The number of hydrogen-bond acceptors (Lipinski definition) is 2.